The topological polar surface area (TPSA) is 0 Å². The molecule has 4 heteroatoms. The first kappa shape index (κ1) is 11.6. The van der Waals surface area contributed by atoms with Crippen LogP contribution < -0.4 is 0 Å². The Balaban J connectivity index is 2.72. The molecule has 0 aliphatic carbocycles. The summed E-state index contributed by atoms with van der Waals surface area (Å²) in [5, 5.41) is 0. The maximum absolute atomic E-state index is 13.6. The van der Waals surface area contributed by atoms with Crippen molar-refractivity contribution in [3.05, 3.63) is 59.2 Å². The number of hydrogen-bond donors (Lipinski definition) is 0. The Hall–Kier alpha value is -1.84. The molecule has 0 aromatic heterocycles. The van der Waals surface area contributed by atoms with Crippen LogP contribution in [0.25, 0.3) is 11.1 Å². The monoisotopic (exact) mass is 239 g/mol. The summed E-state index contributed by atoms with van der Waals surface area (Å²) in [6.07, 6.45) is 0. The fourth-order valence-electron chi connectivity index (χ4n) is 1.60. The molecule has 0 amide bonds. The minimum absolute atomic E-state index is 0.368. The van der Waals surface area contributed by atoms with Crippen LogP contribution in [0, 0.1) is 36.3 Å². The SMILES string of the molecule is Cc1cc(F)c(-c2cc(F)[c]cc2F)c(F)c1. The summed E-state index contributed by atoms with van der Waals surface area (Å²) in [5.74, 6) is -3.65. The zero-order chi connectivity index (χ0) is 12.6. The van der Waals surface area contributed by atoms with Gasteiger partial charge >= 0.3 is 0 Å². The van der Waals surface area contributed by atoms with Crippen molar-refractivity contribution in [2.75, 3.05) is 0 Å². The number of aryl methyl sites for hydroxylation is 1. The highest BCUT2D eigenvalue weighted by Crippen LogP contribution is 2.29. The molecule has 0 N–H and O–H groups in total. The van der Waals surface area contributed by atoms with Gasteiger partial charge < -0.3 is 0 Å². The molecule has 2 aromatic rings. The van der Waals surface area contributed by atoms with E-state index in [2.05, 4.69) is 0 Å². The molecular formula is C13H7F4. The third-order valence-electron chi connectivity index (χ3n) is 2.32. The summed E-state index contributed by atoms with van der Waals surface area (Å²) in [6.45, 7) is 1.51. The van der Waals surface area contributed by atoms with Crippen LogP contribution in [-0.4, -0.2) is 0 Å². The Morgan fingerprint density at radius 3 is 2.06 bits per heavy atom. The molecule has 0 aliphatic rings. The Kier molecular flexibility index (Phi) is 2.88. The zero-order valence-electron chi connectivity index (χ0n) is 8.82. The van der Waals surface area contributed by atoms with Crippen molar-refractivity contribution in [1.82, 2.24) is 0 Å². The molecule has 0 spiro atoms. The zero-order valence-corrected chi connectivity index (χ0v) is 8.82. The van der Waals surface area contributed by atoms with Crippen molar-refractivity contribution in [3.63, 3.8) is 0 Å². The number of benzene rings is 2. The van der Waals surface area contributed by atoms with Gasteiger partial charge in [0, 0.05) is 11.6 Å². The predicted octanol–water partition coefficient (Wildman–Crippen LogP) is 4.02. The molecule has 87 valence electrons. The van der Waals surface area contributed by atoms with E-state index in [0.29, 0.717) is 17.7 Å². The first-order chi connectivity index (χ1) is 7.99. The van der Waals surface area contributed by atoms with Gasteiger partial charge in [-0.2, -0.15) is 0 Å². The second-order valence-electron chi connectivity index (χ2n) is 3.65. The molecule has 2 aromatic carbocycles. The largest absolute Gasteiger partial charge is 0.206 e. The first-order valence-electron chi connectivity index (χ1n) is 4.82. The molecule has 0 fully saturated rings. The van der Waals surface area contributed by atoms with Gasteiger partial charge in [-0.15, -0.1) is 0 Å². The Labute approximate surface area is 95.5 Å². The van der Waals surface area contributed by atoms with E-state index in [9.17, 15) is 17.6 Å². The summed E-state index contributed by atoms with van der Waals surface area (Å²) >= 11 is 0. The molecule has 0 nitrogen and oxygen atoms in total. The second kappa shape index (κ2) is 4.20. The molecular weight excluding hydrogens is 232 g/mol. The average Bonchev–Trinajstić information content (AvgIpc) is 2.21. The van der Waals surface area contributed by atoms with Crippen LogP contribution in [0.1, 0.15) is 5.56 Å². The average molecular weight is 239 g/mol. The molecule has 0 bridgehead atoms. The van der Waals surface area contributed by atoms with Crippen LogP contribution >= 0.6 is 0 Å². The van der Waals surface area contributed by atoms with E-state index in [1.165, 1.54) is 6.92 Å². The predicted molar refractivity (Wildman–Crippen MR) is 55.3 cm³/mol. The van der Waals surface area contributed by atoms with E-state index in [4.69, 9.17) is 0 Å². The maximum Gasteiger partial charge on any atom is 0.134 e. The fraction of sp³-hybridized carbons (Fsp3) is 0.0769. The second-order valence-corrected chi connectivity index (χ2v) is 3.65. The van der Waals surface area contributed by atoms with Gasteiger partial charge in [0.15, 0.2) is 0 Å². The molecule has 0 saturated heterocycles. The molecule has 0 heterocycles. The lowest BCUT2D eigenvalue weighted by molar-refractivity contribution is 0.575. The Morgan fingerprint density at radius 2 is 1.47 bits per heavy atom. The van der Waals surface area contributed by atoms with Crippen molar-refractivity contribution in [3.8, 4) is 11.1 Å². The van der Waals surface area contributed by atoms with Gasteiger partial charge in [0.25, 0.3) is 0 Å². The minimum Gasteiger partial charge on any atom is -0.206 e. The lowest BCUT2D eigenvalue weighted by atomic mass is 10.0. The summed E-state index contributed by atoms with van der Waals surface area (Å²) in [4.78, 5) is 0. The summed E-state index contributed by atoms with van der Waals surface area (Å²) in [5.41, 5.74) is -0.649. The molecule has 1 radical (unpaired) electrons. The van der Waals surface area contributed by atoms with Crippen LogP contribution in [0.5, 0.6) is 0 Å². The third-order valence-corrected chi connectivity index (χ3v) is 2.32. The molecule has 0 saturated carbocycles. The van der Waals surface area contributed by atoms with Gasteiger partial charge in [0.05, 0.1) is 5.56 Å². The Morgan fingerprint density at radius 1 is 0.882 bits per heavy atom. The van der Waals surface area contributed by atoms with E-state index < -0.39 is 34.4 Å². The van der Waals surface area contributed by atoms with Crippen molar-refractivity contribution < 1.29 is 17.6 Å². The highest BCUT2D eigenvalue weighted by molar-refractivity contribution is 5.66. The molecule has 17 heavy (non-hydrogen) atoms. The fourth-order valence-corrected chi connectivity index (χ4v) is 1.60. The van der Waals surface area contributed by atoms with Gasteiger partial charge in [-0.1, -0.05) is 0 Å². The summed E-state index contributed by atoms with van der Waals surface area (Å²) in [6, 6.07) is 5.52. The van der Waals surface area contributed by atoms with E-state index in [1.54, 1.807) is 0 Å². The molecule has 0 unspecified atom stereocenters. The number of halogens is 4. The van der Waals surface area contributed by atoms with E-state index >= 15 is 0 Å². The van der Waals surface area contributed by atoms with Crippen molar-refractivity contribution in [2.24, 2.45) is 0 Å². The van der Waals surface area contributed by atoms with Gasteiger partial charge in [0.2, 0.25) is 0 Å². The van der Waals surface area contributed by atoms with Crippen molar-refractivity contribution in [2.45, 2.75) is 6.92 Å². The first-order valence-corrected chi connectivity index (χ1v) is 4.82. The van der Waals surface area contributed by atoms with Gasteiger partial charge in [-0.3, -0.25) is 0 Å². The quantitative estimate of drug-likeness (QED) is 0.659. The van der Waals surface area contributed by atoms with Gasteiger partial charge in [-0.05, 0) is 36.8 Å². The lowest BCUT2D eigenvalue weighted by Crippen LogP contribution is -1.95. The highest BCUT2D eigenvalue weighted by atomic mass is 19.1. The van der Waals surface area contributed by atoms with Crippen LogP contribution in [-0.2, 0) is 0 Å². The van der Waals surface area contributed by atoms with Gasteiger partial charge in [-0.25, -0.2) is 17.6 Å². The van der Waals surface area contributed by atoms with Gasteiger partial charge in [0.1, 0.15) is 23.3 Å². The van der Waals surface area contributed by atoms with Crippen LogP contribution in [0.4, 0.5) is 17.6 Å². The van der Waals surface area contributed by atoms with E-state index in [-0.39, 0.29) is 0 Å². The van der Waals surface area contributed by atoms with Crippen LogP contribution in [0.3, 0.4) is 0 Å². The normalized spacial score (nSPS) is 10.6. The third kappa shape index (κ3) is 2.16. The smallest absolute Gasteiger partial charge is 0.134 e. The molecule has 0 atom stereocenters. The maximum atomic E-state index is 13.6. The van der Waals surface area contributed by atoms with E-state index in [0.717, 1.165) is 12.1 Å². The summed E-state index contributed by atoms with van der Waals surface area (Å²) < 4.78 is 53.4. The number of rotatable bonds is 1. The standard InChI is InChI=1S/C13H7F4/c1-7-4-11(16)13(12(17)5-7)9-6-8(14)2-3-10(9)15/h3-6H,1H3. The molecule has 2 rings (SSSR count). The van der Waals surface area contributed by atoms with Crippen LogP contribution in [0.15, 0.2) is 24.3 Å². The Bertz CT molecular complexity index is 553. The number of hydrogen-bond acceptors (Lipinski definition) is 0. The minimum atomic E-state index is -0.924. The van der Waals surface area contributed by atoms with Crippen LogP contribution in [0.2, 0.25) is 0 Å². The van der Waals surface area contributed by atoms with Crippen molar-refractivity contribution >= 4 is 0 Å². The lowest BCUT2D eigenvalue weighted by Gasteiger charge is -2.07. The van der Waals surface area contributed by atoms with E-state index in [1.807, 2.05) is 6.07 Å². The summed E-state index contributed by atoms with van der Waals surface area (Å²) in [7, 11) is 0. The molecule has 0 aliphatic heterocycles. The van der Waals surface area contributed by atoms with Crippen molar-refractivity contribution in [1.29, 1.82) is 0 Å². The highest BCUT2D eigenvalue weighted by Gasteiger charge is 2.16.